The first-order chi connectivity index (χ1) is 19.2. The number of nitro groups is 1. The number of aliphatic hydroxyl groups excluding tert-OH is 3. The summed E-state index contributed by atoms with van der Waals surface area (Å²) in [5.74, 6) is 6.71. The third kappa shape index (κ3) is 5.51. The molecule has 4 atom stereocenters. The lowest BCUT2D eigenvalue weighted by Crippen LogP contribution is -2.40. The highest BCUT2D eigenvalue weighted by Crippen LogP contribution is 2.32. The van der Waals surface area contributed by atoms with Crippen molar-refractivity contribution in [2.24, 2.45) is 5.92 Å². The van der Waals surface area contributed by atoms with Crippen molar-refractivity contribution in [3.63, 3.8) is 0 Å². The van der Waals surface area contributed by atoms with Crippen molar-refractivity contribution in [3.05, 3.63) is 46.5 Å². The summed E-state index contributed by atoms with van der Waals surface area (Å²) in [4.78, 5) is 37.1. The molecule has 2 saturated heterocycles. The number of hydrogen-bond donors (Lipinski definition) is 4. The summed E-state index contributed by atoms with van der Waals surface area (Å²) in [6.07, 6.45) is -1.74. The number of aliphatic hydroxyl groups is 3. The Morgan fingerprint density at radius 2 is 1.93 bits per heavy atom. The first-order valence-corrected chi connectivity index (χ1v) is 12.6. The minimum absolute atomic E-state index is 0.0852. The van der Waals surface area contributed by atoms with Crippen LogP contribution in [0.4, 0.5) is 16.3 Å². The fourth-order valence-electron chi connectivity index (χ4n) is 4.69. The van der Waals surface area contributed by atoms with Crippen LogP contribution in [0.2, 0.25) is 0 Å². The Labute approximate surface area is 227 Å². The van der Waals surface area contributed by atoms with Gasteiger partial charge in [0.1, 0.15) is 29.6 Å². The number of rotatable bonds is 5. The maximum absolute atomic E-state index is 12.5. The largest absolute Gasteiger partial charge is 0.415 e. The van der Waals surface area contributed by atoms with E-state index in [1.165, 1.54) is 35.2 Å². The lowest BCUT2D eigenvalue weighted by molar-refractivity contribution is -0.384. The Morgan fingerprint density at radius 1 is 1.20 bits per heavy atom. The van der Waals surface area contributed by atoms with Crippen LogP contribution in [0.1, 0.15) is 31.3 Å². The maximum atomic E-state index is 12.5. The average Bonchev–Trinajstić information content (AvgIpc) is 3.50. The number of aromatic nitrogens is 4. The number of ether oxygens (including phenoxy) is 2. The molecule has 2 aliphatic rings. The number of likely N-dealkylation sites (tertiary alicyclic amines) is 1. The predicted octanol–water partition coefficient (Wildman–Crippen LogP) is 0.581. The number of anilines is 1. The molecule has 0 aliphatic carbocycles. The number of nitro benzene ring substituents is 1. The van der Waals surface area contributed by atoms with Gasteiger partial charge >= 0.3 is 6.09 Å². The van der Waals surface area contributed by atoms with Gasteiger partial charge in [0.25, 0.3) is 5.69 Å². The second-order valence-corrected chi connectivity index (χ2v) is 9.54. The molecule has 3 aromatic rings. The van der Waals surface area contributed by atoms with Gasteiger partial charge in [0.2, 0.25) is 5.82 Å². The molecule has 210 valence electrons. The van der Waals surface area contributed by atoms with Crippen molar-refractivity contribution in [3.8, 4) is 17.6 Å². The van der Waals surface area contributed by atoms with Crippen molar-refractivity contribution in [1.29, 1.82) is 0 Å². The van der Waals surface area contributed by atoms with Gasteiger partial charge in [-0.25, -0.2) is 19.7 Å². The zero-order valence-corrected chi connectivity index (χ0v) is 21.2. The van der Waals surface area contributed by atoms with E-state index in [0.29, 0.717) is 32.4 Å². The normalized spacial score (nSPS) is 23.1. The number of piperidine rings is 1. The van der Waals surface area contributed by atoms with E-state index in [9.17, 15) is 30.2 Å². The third-order valence-corrected chi connectivity index (χ3v) is 6.96. The first kappa shape index (κ1) is 27.2. The molecule has 0 radical (unpaired) electrons. The quantitative estimate of drug-likeness (QED) is 0.194. The molecule has 2 fully saturated rings. The van der Waals surface area contributed by atoms with E-state index < -0.39 is 42.2 Å². The van der Waals surface area contributed by atoms with E-state index in [1.807, 2.05) is 0 Å². The van der Waals surface area contributed by atoms with E-state index in [-0.39, 0.29) is 40.2 Å². The molecule has 1 aromatic carbocycles. The molecule has 0 unspecified atom stereocenters. The number of fused-ring (bicyclic) bond motifs is 1. The predicted molar refractivity (Wildman–Crippen MR) is 138 cm³/mol. The molecular formula is C25H27N7O8. The molecule has 0 spiro atoms. The smallest absolute Gasteiger partial charge is 0.410 e. The monoisotopic (exact) mass is 553 g/mol. The van der Waals surface area contributed by atoms with Crippen molar-refractivity contribution < 1.29 is 34.5 Å². The number of nitrogens with zero attached hydrogens (tertiary/aromatic N) is 6. The van der Waals surface area contributed by atoms with Crippen LogP contribution in [0.25, 0.3) is 11.2 Å². The minimum atomic E-state index is -1.31. The van der Waals surface area contributed by atoms with Crippen LogP contribution in [0.5, 0.6) is 5.75 Å². The zero-order chi connectivity index (χ0) is 28.4. The fraction of sp³-hybridized carbons (Fsp3) is 0.440. The number of hydrogen-bond acceptors (Lipinski definition) is 12. The Balaban J connectivity index is 1.18. The number of imidazole rings is 1. The number of nitrogen functional groups attached to an aromatic ring is 1. The molecule has 40 heavy (non-hydrogen) atoms. The van der Waals surface area contributed by atoms with Crippen LogP contribution in [-0.2, 0) is 4.74 Å². The maximum Gasteiger partial charge on any atom is 0.415 e. The number of benzene rings is 1. The summed E-state index contributed by atoms with van der Waals surface area (Å²) < 4.78 is 12.3. The van der Waals surface area contributed by atoms with Crippen LogP contribution in [0.15, 0.2) is 30.6 Å². The Kier molecular flexibility index (Phi) is 7.76. The van der Waals surface area contributed by atoms with E-state index >= 15 is 0 Å². The summed E-state index contributed by atoms with van der Waals surface area (Å²) in [7, 11) is 0. The molecule has 0 bridgehead atoms. The number of carbonyl (C=O) groups is 1. The molecule has 1 amide bonds. The highest BCUT2D eigenvalue weighted by molar-refractivity contribution is 5.82. The SMILES string of the molecule is Nc1nc(C#CCC2CCN(C(=O)Oc3ccc([N+](=O)[O-])cc3)CC2)nc2c1ncn2[C@@H]1O[C@H](CO)[C@@H](O)[C@H]1O. The van der Waals surface area contributed by atoms with E-state index in [1.54, 1.807) is 4.90 Å². The van der Waals surface area contributed by atoms with Gasteiger partial charge in [-0.15, -0.1) is 0 Å². The summed E-state index contributed by atoms with van der Waals surface area (Å²) in [6.45, 7) is 0.503. The van der Waals surface area contributed by atoms with Crippen molar-refractivity contribution >= 4 is 28.8 Å². The first-order valence-electron chi connectivity index (χ1n) is 12.6. The summed E-state index contributed by atoms with van der Waals surface area (Å²) in [6, 6.07) is 5.32. The molecule has 15 heteroatoms. The highest BCUT2D eigenvalue weighted by atomic mass is 16.6. The summed E-state index contributed by atoms with van der Waals surface area (Å²) in [5.41, 5.74) is 6.52. The van der Waals surface area contributed by atoms with Crippen molar-refractivity contribution in [2.75, 3.05) is 25.4 Å². The number of non-ortho nitro benzene ring substituents is 1. The lowest BCUT2D eigenvalue weighted by Gasteiger charge is -2.30. The standard InChI is InChI=1S/C25H27N7O8/c26-22-19-23(31(13-27-19)24-21(35)20(34)17(12-33)40-24)29-18(28-22)3-1-2-14-8-10-30(11-9-14)25(36)39-16-6-4-15(5-7-16)32(37)38/h4-7,13-14,17,20-21,24,33-35H,2,8-12H2,(H2,26,28,29)/t17-,20-,21-,24-/m1/s1. The van der Waals surface area contributed by atoms with E-state index in [4.69, 9.17) is 15.2 Å². The van der Waals surface area contributed by atoms with Gasteiger partial charge in [0, 0.05) is 31.6 Å². The van der Waals surface area contributed by atoms with Crippen LogP contribution >= 0.6 is 0 Å². The lowest BCUT2D eigenvalue weighted by atomic mass is 9.94. The number of carbonyl (C=O) groups excluding carboxylic acids is 1. The second-order valence-electron chi connectivity index (χ2n) is 9.54. The zero-order valence-electron chi connectivity index (χ0n) is 21.2. The molecule has 2 aliphatic heterocycles. The number of nitrogens with two attached hydrogens (primary N) is 1. The van der Waals surface area contributed by atoms with Gasteiger partial charge in [-0.05, 0) is 36.8 Å². The average molecular weight is 554 g/mol. The van der Waals surface area contributed by atoms with E-state index in [0.717, 1.165) is 0 Å². The Bertz CT molecular complexity index is 1460. The van der Waals surface area contributed by atoms with Gasteiger partial charge < -0.3 is 35.4 Å². The van der Waals surface area contributed by atoms with Crippen LogP contribution in [0.3, 0.4) is 0 Å². The molecular weight excluding hydrogens is 526 g/mol. The molecule has 0 saturated carbocycles. The van der Waals surface area contributed by atoms with E-state index in [2.05, 4.69) is 26.8 Å². The Hall–Kier alpha value is -4.36. The Morgan fingerprint density at radius 3 is 2.58 bits per heavy atom. The molecule has 2 aromatic heterocycles. The van der Waals surface area contributed by atoms with Crippen molar-refractivity contribution in [2.45, 2.75) is 43.8 Å². The van der Waals surface area contributed by atoms with Gasteiger partial charge in [0.05, 0.1) is 17.9 Å². The molecule has 4 heterocycles. The summed E-state index contributed by atoms with van der Waals surface area (Å²) in [5, 5.41) is 40.6. The molecule has 5 rings (SSSR count). The highest BCUT2D eigenvalue weighted by Gasteiger charge is 2.44. The van der Waals surface area contributed by atoms with Crippen LogP contribution < -0.4 is 10.5 Å². The van der Waals surface area contributed by atoms with Gasteiger partial charge in [-0.2, -0.15) is 0 Å². The van der Waals surface area contributed by atoms with Crippen molar-refractivity contribution in [1.82, 2.24) is 24.4 Å². The third-order valence-electron chi connectivity index (χ3n) is 6.96. The number of amides is 1. The van der Waals surface area contributed by atoms with Gasteiger partial charge in [0.15, 0.2) is 17.7 Å². The fourth-order valence-corrected chi connectivity index (χ4v) is 4.69. The second kappa shape index (κ2) is 11.4. The minimum Gasteiger partial charge on any atom is -0.410 e. The molecule has 15 nitrogen and oxygen atoms in total. The molecule has 5 N–H and O–H groups in total. The van der Waals surface area contributed by atoms with Crippen LogP contribution in [0, 0.1) is 27.9 Å². The topological polar surface area (TPSA) is 212 Å². The van der Waals surface area contributed by atoms with Gasteiger partial charge in [-0.3, -0.25) is 14.7 Å². The summed E-state index contributed by atoms with van der Waals surface area (Å²) >= 11 is 0. The van der Waals surface area contributed by atoms with Gasteiger partial charge in [-0.1, -0.05) is 5.92 Å². The van der Waals surface area contributed by atoms with Crippen LogP contribution in [-0.4, -0.2) is 88.8 Å².